The van der Waals surface area contributed by atoms with E-state index < -0.39 is 6.09 Å². The summed E-state index contributed by atoms with van der Waals surface area (Å²) in [5, 5.41) is 10.3. The number of methoxy groups -OCH3 is 1. The molecule has 0 fully saturated rings. The second-order valence-corrected chi connectivity index (χ2v) is 1.43. The van der Waals surface area contributed by atoms with E-state index in [1.807, 2.05) is 0 Å². The van der Waals surface area contributed by atoms with Crippen molar-refractivity contribution in [1.29, 1.82) is 5.41 Å². The van der Waals surface area contributed by atoms with Crippen LogP contribution >= 0.6 is 0 Å². The third kappa shape index (κ3) is 0.903. The fourth-order valence-corrected chi connectivity index (χ4v) is 0.440. The number of rotatable bonds is 0. The molecule has 0 saturated heterocycles. The molecule has 1 N–H and O–H groups in total. The SMILES string of the molecule is COC(=O)n1ncoc1=N. The molecule has 0 unspecified atom stereocenters. The Hall–Kier alpha value is -1.59. The Morgan fingerprint density at radius 3 is 3.10 bits per heavy atom. The summed E-state index contributed by atoms with van der Waals surface area (Å²) in [4.78, 5) is 10.6. The molecule has 0 spiro atoms. The molecule has 0 saturated carbocycles. The summed E-state index contributed by atoms with van der Waals surface area (Å²) in [5.74, 6) is 0. The van der Waals surface area contributed by atoms with Crippen molar-refractivity contribution < 1.29 is 13.9 Å². The molecule has 0 aromatic carbocycles. The van der Waals surface area contributed by atoms with Gasteiger partial charge in [0.05, 0.1) is 7.11 Å². The number of hydrogen-bond acceptors (Lipinski definition) is 5. The van der Waals surface area contributed by atoms with Gasteiger partial charge < -0.3 is 9.15 Å². The van der Waals surface area contributed by atoms with Crippen molar-refractivity contribution in [3.8, 4) is 0 Å². The Kier molecular flexibility index (Phi) is 1.53. The lowest BCUT2D eigenvalue weighted by molar-refractivity contribution is 0.166. The summed E-state index contributed by atoms with van der Waals surface area (Å²) < 4.78 is 9.36. The van der Waals surface area contributed by atoms with E-state index in [0.717, 1.165) is 6.39 Å². The molecule has 0 bridgehead atoms. The Balaban J connectivity index is 3.05. The van der Waals surface area contributed by atoms with Gasteiger partial charge in [0.1, 0.15) is 0 Å². The normalized spacial score (nSPS) is 9.30. The first-order chi connectivity index (χ1) is 4.75. The molecule has 0 atom stereocenters. The van der Waals surface area contributed by atoms with Gasteiger partial charge in [-0.2, -0.15) is 0 Å². The van der Waals surface area contributed by atoms with E-state index in [1.54, 1.807) is 0 Å². The highest BCUT2D eigenvalue weighted by Crippen LogP contribution is 1.77. The molecule has 0 aliphatic heterocycles. The van der Waals surface area contributed by atoms with E-state index >= 15 is 0 Å². The van der Waals surface area contributed by atoms with E-state index in [2.05, 4.69) is 14.3 Å². The number of aromatic nitrogens is 2. The summed E-state index contributed by atoms with van der Waals surface area (Å²) in [6.45, 7) is 0. The number of ether oxygens (including phenoxy) is 1. The fourth-order valence-electron chi connectivity index (χ4n) is 0.440. The second-order valence-electron chi connectivity index (χ2n) is 1.43. The standard InChI is InChI=1S/C4H5N3O3/c1-9-4(8)7-3(5)10-2-6-7/h2,5H,1H3. The Bertz CT molecular complexity index is 286. The van der Waals surface area contributed by atoms with Crippen molar-refractivity contribution in [2.75, 3.05) is 7.11 Å². The first-order valence-electron chi connectivity index (χ1n) is 2.41. The monoisotopic (exact) mass is 143 g/mol. The van der Waals surface area contributed by atoms with Crippen molar-refractivity contribution in [3.05, 3.63) is 12.1 Å². The Morgan fingerprint density at radius 1 is 2.00 bits per heavy atom. The number of carbonyl (C=O) groups excluding carboxylic acids is 1. The predicted molar refractivity (Wildman–Crippen MR) is 28.2 cm³/mol. The lowest BCUT2D eigenvalue weighted by Gasteiger charge is -1.92. The van der Waals surface area contributed by atoms with Crippen LogP contribution in [0.25, 0.3) is 0 Å². The van der Waals surface area contributed by atoms with Crippen LogP contribution < -0.4 is 5.68 Å². The van der Waals surface area contributed by atoms with Crippen LogP contribution in [0, 0.1) is 5.41 Å². The molecule has 1 aromatic heterocycles. The third-order valence-electron chi connectivity index (χ3n) is 0.867. The molecule has 54 valence electrons. The minimum atomic E-state index is -0.737. The number of carbonyl (C=O) groups is 1. The molecule has 1 rings (SSSR count). The minimum Gasteiger partial charge on any atom is -0.451 e. The predicted octanol–water partition coefficient (Wildman–Crippen LogP) is -0.430. The van der Waals surface area contributed by atoms with Crippen LogP contribution in [0.5, 0.6) is 0 Å². The van der Waals surface area contributed by atoms with Crippen LogP contribution in [0.3, 0.4) is 0 Å². The van der Waals surface area contributed by atoms with Crippen molar-refractivity contribution in [2.45, 2.75) is 0 Å². The van der Waals surface area contributed by atoms with Gasteiger partial charge in [0.2, 0.25) is 6.39 Å². The zero-order valence-electron chi connectivity index (χ0n) is 5.20. The molecule has 6 nitrogen and oxygen atoms in total. The Labute approximate surface area is 55.5 Å². The van der Waals surface area contributed by atoms with Gasteiger partial charge in [0.15, 0.2) is 0 Å². The lowest BCUT2D eigenvalue weighted by Crippen LogP contribution is -2.24. The van der Waals surface area contributed by atoms with Gasteiger partial charge in [0, 0.05) is 0 Å². The fraction of sp³-hybridized carbons (Fsp3) is 0.250. The molecular formula is C4H5N3O3. The van der Waals surface area contributed by atoms with Gasteiger partial charge in [-0.3, -0.25) is 0 Å². The number of nitrogens with one attached hydrogen (secondary N) is 1. The summed E-state index contributed by atoms with van der Waals surface area (Å²) in [7, 11) is 1.20. The molecule has 6 heteroatoms. The van der Waals surface area contributed by atoms with E-state index in [1.165, 1.54) is 7.11 Å². The molecular weight excluding hydrogens is 138 g/mol. The maximum Gasteiger partial charge on any atom is 0.439 e. The minimum absolute atomic E-state index is 0.355. The van der Waals surface area contributed by atoms with Gasteiger partial charge in [0.25, 0.3) is 0 Å². The number of hydrogen-bond donors (Lipinski definition) is 1. The second kappa shape index (κ2) is 2.34. The average Bonchev–Trinajstić information content (AvgIpc) is 2.34. The summed E-state index contributed by atoms with van der Waals surface area (Å²) >= 11 is 0. The highest BCUT2D eigenvalue weighted by molar-refractivity contribution is 5.68. The zero-order valence-corrected chi connectivity index (χ0v) is 5.20. The molecule has 10 heavy (non-hydrogen) atoms. The third-order valence-corrected chi connectivity index (χ3v) is 0.867. The lowest BCUT2D eigenvalue weighted by atomic mass is 11.1. The van der Waals surface area contributed by atoms with Gasteiger partial charge in [-0.1, -0.05) is 0 Å². The maximum absolute atomic E-state index is 10.6. The molecule has 0 amide bonds. The van der Waals surface area contributed by atoms with E-state index in [4.69, 9.17) is 5.41 Å². The van der Waals surface area contributed by atoms with Crippen molar-refractivity contribution in [2.24, 2.45) is 0 Å². The Morgan fingerprint density at radius 2 is 2.70 bits per heavy atom. The van der Waals surface area contributed by atoms with Gasteiger partial charge in [-0.25, -0.2) is 10.2 Å². The molecule has 1 aromatic rings. The highest BCUT2D eigenvalue weighted by atomic mass is 16.5. The largest absolute Gasteiger partial charge is 0.451 e. The summed E-state index contributed by atoms with van der Waals surface area (Å²) in [5.41, 5.74) is -0.355. The van der Waals surface area contributed by atoms with E-state index in [9.17, 15) is 4.79 Å². The van der Waals surface area contributed by atoms with E-state index in [0.29, 0.717) is 4.68 Å². The van der Waals surface area contributed by atoms with Gasteiger partial charge in [-0.05, 0) is 0 Å². The highest BCUT2D eigenvalue weighted by Gasteiger charge is 2.06. The van der Waals surface area contributed by atoms with Crippen molar-refractivity contribution in [3.63, 3.8) is 0 Å². The van der Waals surface area contributed by atoms with Crippen LogP contribution in [0.15, 0.2) is 10.8 Å². The van der Waals surface area contributed by atoms with Gasteiger partial charge in [-0.15, -0.1) is 9.78 Å². The first kappa shape index (κ1) is 6.53. The van der Waals surface area contributed by atoms with Crippen LogP contribution in [-0.2, 0) is 4.74 Å². The molecule has 0 aliphatic rings. The van der Waals surface area contributed by atoms with Crippen LogP contribution in [0.2, 0.25) is 0 Å². The van der Waals surface area contributed by atoms with Crippen LogP contribution in [-0.4, -0.2) is 23.0 Å². The summed E-state index contributed by atoms with van der Waals surface area (Å²) in [6, 6.07) is 0. The zero-order chi connectivity index (χ0) is 7.56. The average molecular weight is 143 g/mol. The summed E-state index contributed by atoms with van der Waals surface area (Å²) in [6.07, 6.45) is 0.248. The van der Waals surface area contributed by atoms with Crippen molar-refractivity contribution >= 4 is 6.09 Å². The molecule has 1 heterocycles. The van der Waals surface area contributed by atoms with Gasteiger partial charge >= 0.3 is 11.8 Å². The smallest absolute Gasteiger partial charge is 0.439 e. The topological polar surface area (TPSA) is 81.1 Å². The van der Waals surface area contributed by atoms with Crippen LogP contribution in [0.4, 0.5) is 4.79 Å². The maximum atomic E-state index is 10.6. The first-order valence-corrected chi connectivity index (χ1v) is 2.41. The molecule has 0 aliphatic carbocycles. The van der Waals surface area contributed by atoms with Crippen LogP contribution in [0.1, 0.15) is 0 Å². The van der Waals surface area contributed by atoms with Crippen molar-refractivity contribution in [1.82, 2.24) is 9.78 Å². The quantitative estimate of drug-likeness (QED) is 0.534. The molecule has 0 radical (unpaired) electrons. The number of nitrogens with zero attached hydrogens (tertiary/aromatic N) is 2. The van der Waals surface area contributed by atoms with E-state index in [-0.39, 0.29) is 5.68 Å².